The monoisotopic (exact) mass is 132 g/mol. The Morgan fingerprint density at radius 2 is 1.78 bits per heavy atom. The summed E-state index contributed by atoms with van der Waals surface area (Å²) in [5.74, 6) is -4.25. The van der Waals surface area contributed by atoms with Gasteiger partial charge in [-0.1, -0.05) is 0 Å². The van der Waals surface area contributed by atoms with Crippen molar-refractivity contribution in [3.05, 3.63) is 0 Å². The number of esters is 2. The first-order valence-electron chi connectivity index (χ1n) is 1.99. The third-order valence-corrected chi connectivity index (χ3v) is 0.411. The molecule has 0 radical (unpaired) electrons. The fourth-order valence-electron chi connectivity index (χ4n) is 0.174. The van der Waals surface area contributed by atoms with Crippen molar-refractivity contribution in [2.45, 2.75) is 6.92 Å². The zero-order valence-electron chi connectivity index (χ0n) is 4.58. The zero-order chi connectivity index (χ0) is 7.44. The number of carbonyl (C=O) groups is 3. The number of hydrogen-bond donors (Lipinski definition) is 1. The van der Waals surface area contributed by atoms with Crippen LogP contribution in [-0.4, -0.2) is 23.0 Å². The first-order chi connectivity index (χ1) is 4.04. The van der Waals surface area contributed by atoms with Gasteiger partial charge in [-0.25, -0.2) is 9.59 Å². The van der Waals surface area contributed by atoms with Gasteiger partial charge in [-0.05, 0) is 0 Å². The maximum Gasteiger partial charge on any atom is 0.424 e. The Balaban J connectivity index is 3.79. The molecule has 0 saturated carbocycles. The van der Waals surface area contributed by atoms with Gasteiger partial charge in [0.05, 0.1) is 0 Å². The summed E-state index contributed by atoms with van der Waals surface area (Å²) in [6, 6.07) is 0. The molecule has 5 nitrogen and oxygen atoms in total. The quantitative estimate of drug-likeness (QED) is 0.264. The Bertz CT molecular complexity index is 158. The number of ether oxygens (including phenoxy) is 1. The van der Waals surface area contributed by atoms with Crippen molar-refractivity contribution >= 4 is 17.9 Å². The summed E-state index contributed by atoms with van der Waals surface area (Å²) >= 11 is 0. The number of hydrogen-bond acceptors (Lipinski definition) is 4. The van der Waals surface area contributed by atoms with E-state index in [2.05, 4.69) is 4.74 Å². The molecule has 0 bridgehead atoms. The van der Waals surface area contributed by atoms with Crippen LogP contribution in [0.3, 0.4) is 0 Å². The molecule has 0 aromatic heterocycles. The van der Waals surface area contributed by atoms with E-state index < -0.39 is 17.9 Å². The molecule has 0 aliphatic rings. The summed E-state index contributed by atoms with van der Waals surface area (Å²) in [6.45, 7) is 0.945. The van der Waals surface area contributed by atoms with Crippen LogP contribution in [0.4, 0.5) is 0 Å². The Kier molecular flexibility index (Phi) is 2.37. The number of carboxylic acid groups (broad SMARTS) is 1. The van der Waals surface area contributed by atoms with Crippen LogP contribution in [0.2, 0.25) is 0 Å². The van der Waals surface area contributed by atoms with E-state index in [0.717, 1.165) is 6.92 Å². The molecule has 50 valence electrons. The minimum Gasteiger partial charge on any atom is -0.473 e. The largest absolute Gasteiger partial charge is 0.473 e. The van der Waals surface area contributed by atoms with Crippen LogP contribution < -0.4 is 0 Å². The van der Waals surface area contributed by atoms with Crippen LogP contribution >= 0.6 is 0 Å². The number of carbonyl (C=O) groups excluding carboxylic acids is 2. The van der Waals surface area contributed by atoms with Crippen LogP contribution in [0.5, 0.6) is 0 Å². The molecule has 0 unspecified atom stereocenters. The van der Waals surface area contributed by atoms with Gasteiger partial charge < -0.3 is 9.84 Å². The van der Waals surface area contributed by atoms with Crippen molar-refractivity contribution < 1.29 is 24.2 Å². The predicted octanol–water partition coefficient (Wildman–Crippen LogP) is -0.839. The van der Waals surface area contributed by atoms with Crippen molar-refractivity contribution in [3.8, 4) is 0 Å². The van der Waals surface area contributed by atoms with Crippen LogP contribution in [0.1, 0.15) is 6.92 Å². The van der Waals surface area contributed by atoms with Gasteiger partial charge in [-0.15, -0.1) is 0 Å². The van der Waals surface area contributed by atoms with Crippen molar-refractivity contribution in [1.29, 1.82) is 0 Å². The van der Waals surface area contributed by atoms with Crippen molar-refractivity contribution in [1.82, 2.24) is 0 Å². The van der Waals surface area contributed by atoms with Gasteiger partial charge in [-0.3, -0.25) is 4.79 Å². The molecule has 0 rings (SSSR count). The molecule has 0 heterocycles. The smallest absolute Gasteiger partial charge is 0.424 e. The first kappa shape index (κ1) is 7.61. The van der Waals surface area contributed by atoms with E-state index in [-0.39, 0.29) is 0 Å². The van der Waals surface area contributed by atoms with E-state index in [4.69, 9.17) is 5.11 Å². The number of rotatable bonds is 0. The van der Waals surface area contributed by atoms with E-state index in [0.29, 0.717) is 0 Å². The second kappa shape index (κ2) is 2.81. The molecule has 0 atom stereocenters. The van der Waals surface area contributed by atoms with Gasteiger partial charge in [0.25, 0.3) is 0 Å². The highest BCUT2D eigenvalue weighted by molar-refractivity contribution is 6.30. The lowest BCUT2D eigenvalue weighted by atomic mass is 10.7. The van der Waals surface area contributed by atoms with Gasteiger partial charge >= 0.3 is 17.9 Å². The van der Waals surface area contributed by atoms with E-state index in [1.165, 1.54) is 0 Å². The number of carboxylic acids is 1. The molecule has 0 saturated heterocycles. The fourth-order valence-corrected chi connectivity index (χ4v) is 0.174. The summed E-state index contributed by atoms with van der Waals surface area (Å²) in [6.07, 6.45) is 0. The maximum atomic E-state index is 9.91. The van der Waals surface area contributed by atoms with Crippen molar-refractivity contribution in [2.24, 2.45) is 0 Å². The Morgan fingerprint density at radius 1 is 1.33 bits per heavy atom. The summed E-state index contributed by atoms with van der Waals surface area (Å²) in [5.41, 5.74) is 0. The molecule has 0 aromatic rings. The van der Waals surface area contributed by atoms with Gasteiger partial charge in [0.2, 0.25) is 0 Å². The molecule has 0 fully saturated rings. The molecule has 0 amide bonds. The average molecular weight is 132 g/mol. The molecular formula is C4H4O5. The Hall–Kier alpha value is -1.39. The van der Waals surface area contributed by atoms with Gasteiger partial charge in [0.1, 0.15) is 0 Å². The Labute approximate surface area is 50.2 Å². The molecule has 5 heteroatoms. The second-order valence-electron chi connectivity index (χ2n) is 1.19. The third kappa shape index (κ3) is 3.22. The van der Waals surface area contributed by atoms with E-state index in [1.54, 1.807) is 0 Å². The minimum absolute atomic E-state index is 0.928. The lowest BCUT2D eigenvalue weighted by Gasteiger charge is -1.90. The molecule has 0 spiro atoms. The predicted molar refractivity (Wildman–Crippen MR) is 24.4 cm³/mol. The van der Waals surface area contributed by atoms with E-state index in [1.807, 2.05) is 0 Å². The normalized spacial score (nSPS) is 8.11. The summed E-state index contributed by atoms with van der Waals surface area (Å²) < 4.78 is 3.63. The van der Waals surface area contributed by atoms with Crippen LogP contribution in [0.25, 0.3) is 0 Å². The van der Waals surface area contributed by atoms with Crippen molar-refractivity contribution in [2.75, 3.05) is 0 Å². The molecule has 0 aliphatic heterocycles. The summed E-state index contributed by atoms with van der Waals surface area (Å²) in [4.78, 5) is 29.4. The highest BCUT2D eigenvalue weighted by Gasteiger charge is 2.14. The van der Waals surface area contributed by atoms with E-state index >= 15 is 0 Å². The highest BCUT2D eigenvalue weighted by atomic mass is 16.6. The SMILES string of the molecule is CC(=O)OC(=O)C(=O)O. The summed E-state index contributed by atoms with van der Waals surface area (Å²) in [5, 5.41) is 7.80. The minimum atomic E-state index is -1.77. The van der Waals surface area contributed by atoms with E-state index in [9.17, 15) is 14.4 Å². The lowest BCUT2D eigenvalue weighted by molar-refractivity contribution is -0.169. The molecule has 0 aromatic carbocycles. The standard InChI is InChI=1S/C4H4O5/c1-2(5)9-4(8)3(6)7/h1H3,(H,6,7). The number of aliphatic carboxylic acids is 1. The van der Waals surface area contributed by atoms with Gasteiger partial charge in [-0.2, -0.15) is 0 Å². The molecule has 9 heavy (non-hydrogen) atoms. The van der Waals surface area contributed by atoms with Crippen LogP contribution in [0, 0.1) is 0 Å². The lowest BCUT2D eigenvalue weighted by Crippen LogP contribution is -2.18. The molecular weight excluding hydrogens is 128 g/mol. The molecule has 1 N–H and O–H groups in total. The fraction of sp³-hybridized carbons (Fsp3) is 0.250. The summed E-state index contributed by atoms with van der Waals surface area (Å²) in [7, 11) is 0. The second-order valence-corrected chi connectivity index (χ2v) is 1.19. The van der Waals surface area contributed by atoms with Crippen LogP contribution in [-0.2, 0) is 19.1 Å². The third-order valence-electron chi connectivity index (χ3n) is 0.411. The zero-order valence-corrected chi connectivity index (χ0v) is 4.58. The van der Waals surface area contributed by atoms with Gasteiger partial charge in [0.15, 0.2) is 0 Å². The van der Waals surface area contributed by atoms with Crippen molar-refractivity contribution in [3.63, 3.8) is 0 Å². The first-order valence-corrected chi connectivity index (χ1v) is 1.99. The molecule has 0 aliphatic carbocycles. The van der Waals surface area contributed by atoms with Gasteiger partial charge in [0, 0.05) is 6.92 Å². The maximum absolute atomic E-state index is 9.91. The topological polar surface area (TPSA) is 80.7 Å². The average Bonchev–Trinajstić information content (AvgIpc) is 1.63. The highest BCUT2D eigenvalue weighted by Crippen LogP contribution is 1.77. The van der Waals surface area contributed by atoms with Crippen LogP contribution in [0.15, 0.2) is 0 Å². The Morgan fingerprint density at radius 3 is 1.89 bits per heavy atom.